The molecule has 1 N–H and O–H groups in total. The van der Waals surface area contributed by atoms with Gasteiger partial charge in [0, 0.05) is 44.8 Å². The van der Waals surface area contributed by atoms with Gasteiger partial charge in [0.15, 0.2) is 0 Å². The molecule has 6 heteroatoms. The minimum Gasteiger partial charge on any atom is -0.385 e. The van der Waals surface area contributed by atoms with Crippen LogP contribution in [0, 0.1) is 0 Å². The largest absolute Gasteiger partial charge is 0.385 e. The second kappa shape index (κ2) is 8.79. The van der Waals surface area contributed by atoms with Gasteiger partial charge in [-0.2, -0.15) is 0 Å². The van der Waals surface area contributed by atoms with Gasteiger partial charge in [-0.25, -0.2) is 0 Å². The molecule has 2 amide bonds. The smallest absolute Gasteiger partial charge is 0.276 e. The average molecular weight is 327 g/mol. The van der Waals surface area contributed by atoms with Crippen molar-refractivity contribution in [3.05, 3.63) is 59.9 Å². The Morgan fingerprint density at radius 3 is 2.67 bits per heavy atom. The van der Waals surface area contributed by atoms with Crippen LogP contribution >= 0.6 is 0 Å². The zero-order chi connectivity index (χ0) is 17.4. The predicted octanol–water partition coefficient (Wildman–Crippen LogP) is 2.12. The van der Waals surface area contributed by atoms with E-state index in [0.29, 0.717) is 18.7 Å². The molecule has 24 heavy (non-hydrogen) atoms. The van der Waals surface area contributed by atoms with Gasteiger partial charge in [0.25, 0.3) is 11.8 Å². The highest BCUT2D eigenvalue weighted by molar-refractivity contribution is 6.06. The summed E-state index contributed by atoms with van der Waals surface area (Å²) in [5, 5.41) is 2.79. The average Bonchev–Trinajstić information content (AvgIpc) is 2.64. The van der Waals surface area contributed by atoms with Crippen molar-refractivity contribution in [1.29, 1.82) is 0 Å². The van der Waals surface area contributed by atoms with Gasteiger partial charge in [-0.15, -0.1) is 0 Å². The summed E-state index contributed by atoms with van der Waals surface area (Å²) < 4.78 is 4.94. The zero-order valence-electron chi connectivity index (χ0n) is 13.9. The first-order valence-electron chi connectivity index (χ1n) is 7.70. The van der Waals surface area contributed by atoms with E-state index in [0.717, 1.165) is 12.1 Å². The summed E-state index contributed by atoms with van der Waals surface area (Å²) in [7, 11) is 3.29. The number of amides is 2. The number of anilines is 1. The van der Waals surface area contributed by atoms with Crippen molar-refractivity contribution in [2.75, 3.05) is 32.2 Å². The van der Waals surface area contributed by atoms with Crippen molar-refractivity contribution < 1.29 is 14.3 Å². The van der Waals surface area contributed by atoms with Crippen molar-refractivity contribution >= 4 is 17.5 Å². The Kier molecular flexibility index (Phi) is 6.45. The SMILES string of the molecule is COCCCNC(=O)c1ccnc(C(=O)N(C)c2ccccc2)c1. The van der Waals surface area contributed by atoms with Gasteiger partial charge in [-0.3, -0.25) is 14.6 Å². The minimum absolute atomic E-state index is 0.228. The molecule has 1 aromatic heterocycles. The molecule has 0 spiro atoms. The Morgan fingerprint density at radius 2 is 1.96 bits per heavy atom. The lowest BCUT2D eigenvalue weighted by Crippen LogP contribution is -2.28. The van der Waals surface area contributed by atoms with Crippen LogP contribution in [0.3, 0.4) is 0 Å². The number of hydrogen-bond acceptors (Lipinski definition) is 4. The number of methoxy groups -OCH3 is 1. The lowest BCUT2D eigenvalue weighted by atomic mass is 10.2. The highest BCUT2D eigenvalue weighted by Gasteiger charge is 2.16. The third-order valence-corrected chi connectivity index (χ3v) is 3.50. The number of para-hydroxylation sites is 1. The van der Waals surface area contributed by atoms with Crippen LogP contribution < -0.4 is 10.2 Å². The zero-order valence-corrected chi connectivity index (χ0v) is 13.9. The first-order valence-corrected chi connectivity index (χ1v) is 7.70. The molecule has 0 saturated carbocycles. The minimum atomic E-state index is -0.268. The number of benzene rings is 1. The van der Waals surface area contributed by atoms with Gasteiger partial charge in [0.1, 0.15) is 5.69 Å². The molecule has 0 radical (unpaired) electrons. The number of hydrogen-bond donors (Lipinski definition) is 1. The van der Waals surface area contributed by atoms with Gasteiger partial charge in [0.2, 0.25) is 0 Å². The van der Waals surface area contributed by atoms with Crippen LogP contribution in [0.5, 0.6) is 0 Å². The second-order valence-electron chi connectivity index (χ2n) is 5.23. The maximum atomic E-state index is 12.5. The number of nitrogens with one attached hydrogen (secondary N) is 1. The molecule has 0 aliphatic heterocycles. The Morgan fingerprint density at radius 1 is 1.21 bits per heavy atom. The van der Waals surface area contributed by atoms with Crippen molar-refractivity contribution in [1.82, 2.24) is 10.3 Å². The monoisotopic (exact) mass is 327 g/mol. The molecule has 6 nitrogen and oxygen atoms in total. The van der Waals surface area contributed by atoms with Crippen LogP contribution in [0.1, 0.15) is 27.3 Å². The number of ether oxygens (including phenoxy) is 1. The number of carbonyl (C=O) groups excluding carboxylic acids is 2. The van der Waals surface area contributed by atoms with Crippen LogP contribution in [0.4, 0.5) is 5.69 Å². The summed E-state index contributed by atoms with van der Waals surface area (Å²) in [5.41, 5.74) is 1.40. The highest BCUT2D eigenvalue weighted by atomic mass is 16.5. The number of pyridine rings is 1. The lowest BCUT2D eigenvalue weighted by Gasteiger charge is -2.17. The maximum absolute atomic E-state index is 12.5. The van der Waals surface area contributed by atoms with Crippen molar-refractivity contribution in [2.24, 2.45) is 0 Å². The number of carbonyl (C=O) groups is 2. The number of nitrogens with zero attached hydrogens (tertiary/aromatic N) is 2. The highest BCUT2D eigenvalue weighted by Crippen LogP contribution is 2.14. The molecule has 0 fully saturated rings. The summed E-state index contributed by atoms with van der Waals surface area (Å²) in [6.07, 6.45) is 2.20. The molecule has 0 atom stereocenters. The molecule has 0 unspecified atom stereocenters. The summed E-state index contributed by atoms with van der Waals surface area (Å²) in [6, 6.07) is 12.4. The van der Waals surface area contributed by atoms with Crippen LogP contribution in [0.25, 0.3) is 0 Å². The number of aromatic nitrogens is 1. The topological polar surface area (TPSA) is 71.5 Å². The van der Waals surface area contributed by atoms with E-state index in [1.165, 1.54) is 17.2 Å². The molecule has 126 valence electrons. The summed E-state index contributed by atoms with van der Waals surface area (Å²) in [5.74, 6) is -0.500. The molecular weight excluding hydrogens is 306 g/mol. The second-order valence-corrected chi connectivity index (χ2v) is 5.23. The van der Waals surface area contributed by atoms with E-state index in [4.69, 9.17) is 4.74 Å². The van der Waals surface area contributed by atoms with Crippen molar-refractivity contribution in [3.8, 4) is 0 Å². The van der Waals surface area contributed by atoms with E-state index in [2.05, 4.69) is 10.3 Å². The first-order chi connectivity index (χ1) is 11.6. The van der Waals surface area contributed by atoms with Gasteiger partial charge in [-0.05, 0) is 30.7 Å². The molecule has 1 heterocycles. The van der Waals surface area contributed by atoms with Gasteiger partial charge in [0.05, 0.1) is 0 Å². The fraction of sp³-hybridized carbons (Fsp3) is 0.278. The molecule has 1 aromatic carbocycles. The lowest BCUT2D eigenvalue weighted by molar-refractivity contribution is 0.0948. The fourth-order valence-corrected chi connectivity index (χ4v) is 2.15. The normalized spacial score (nSPS) is 10.2. The molecule has 0 bridgehead atoms. The van der Waals surface area contributed by atoms with Crippen LogP contribution in [0.15, 0.2) is 48.7 Å². The summed E-state index contributed by atoms with van der Waals surface area (Å²) >= 11 is 0. The molecule has 2 aromatic rings. The summed E-state index contributed by atoms with van der Waals surface area (Å²) in [4.78, 5) is 30.2. The predicted molar refractivity (Wildman–Crippen MR) is 92.2 cm³/mol. The first kappa shape index (κ1) is 17.6. The third kappa shape index (κ3) is 4.63. The van der Waals surface area contributed by atoms with E-state index >= 15 is 0 Å². The molecule has 2 rings (SSSR count). The van der Waals surface area contributed by atoms with Crippen molar-refractivity contribution in [3.63, 3.8) is 0 Å². The van der Waals surface area contributed by atoms with Gasteiger partial charge in [-0.1, -0.05) is 18.2 Å². The Hall–Kier alpha value is -2.73. The Labute approximate surface area is 141 Å². The molecular formula is C18H21N3O3. The van der Waals surface area contributed by atoms with Crippen LogP contribution in [-0.4, -0.2) is 44.1 Å². The number of rotatable bonds is 7. The maximum Gasteiger partial charge on any atom is 0.276 e. The van der Waals surface area contributed by atoms with Gasteiger partial charge >= 0.3 is 0 Å². The van der Waals surface area contributed by atoms with Gasteiger partial charge < -0.3 is 15.0 Å². The third-order valence-electron chi connectivity index (χ3n) is 3.50. The van der Waals surface area contributed by atoms with E-state index in [1.54, 1.807) is 20.2 Å². The Balaban J connectivity index is 2.06. The van der Waals surface area contributed by atoms with Crippen LogP contribution in [0.2, 0.25) is 0 Å². The molecule has 0 aliphatic carbocycles. The van der Waals surface area contributed by atoms with E-state index in [9.17, 15) is 9.59 Å². The standard InChI is InChI=1S/C18H21N3O3/c1-21(15-7-4-3-5-8-15)18(23)16-13-14(9-11-19-16)17(22)20-10-6-12-24-2/h3-5,7-9,11,13H,6,10,12H2,1-2H3,(H,20,22). The fourth-order valence-electron chi connectivity index (χ4n) is 2.15. The van der Waals surface area contributed by atoms with Crippen molar-refractivity contribution in [2.45, 2.75) is 6.42 Å². The quantitative estimate of drug-likeness (QED) is 0.791. The van der Waals surface area contributed by atoms with E-state index in [1.807, 2.05) is 30.3 Å². The summed E-state index contributed by atoms with van der Waals surface area (Å²) in [6.45, 7) is 1.10. The van der Waals surface area contributed by atoms with E-state index < -0.39 is 0 Å². The molecule has 0 aliphatic rings. The Bertz CT molecular complexity index is 689. The molecule has 0 saturated heterocycles. The van der Waals surface area contributed by atoms with Crippen LogP contribution in [-0.2, 0) is 4.74 Å². The van der Waals surface area contributed by atoms with E-state index in [-0.39, 0.29) is 17.5 Å².